The standard InChI is InChI=1S/C20H27O2.Cr/c1-18-9-6-14(21)12-13(18)4-5-15-16(18)7-10-19(2)17(15)8-11-20(19,3)22;/h5-6,9,13-14,16-17,21-22H,4,7-8,10-12H2,1-2H3;/t13?,14-,16?,17?,18-,19-,20-;/m0./s1. The summed E-state index contributed by atoms with van der Waals surface area (Å²) in [5.41, 5.74) is 0.906. The predicted octanol–water partition coefficient (Wildman–Crippen LogP) is 3.32. The Balaban J connectivity index is 1.73. The Kier molecular flexibility index (Phi) is 3.60. The molecule has 2 N–H and O–H groups in total. The van der Waals surface area contributed by atoms with Crippen LogP contribution in [0.15, 0.2) is 23.8 Å². The van der Waals surface area contributed by atoms with Crippen LogP contribution in [0.25, 0.3) is 0 Å². The van der Waals surface area contributed by atoms with Crippen molar-refractivity contribution in [2.45, 2.75) is 64.1 Å². The first kappa shape index (κ1) is 16.2. The van der Waals surface area contributed by atoms with Crippen LogP contribution >= 0.6 is 0 Å². The van der Waals surface area contributed by atoms with Crippen molar-refractivity contribution in [3.05, 3.63) is 23.8 Å². The van der Waals surface area contributed by atoms with Crippen molar-refractivity contribution >= 4 is 0 Å². The van der Waals surface area contributed by atoms with Gasteiger partial charge >= 0.3 is 147 Å². The molecule has 3 heteroatoms. The molecule has 2 fully saturated rings. The normalized spacial score (nSPS) is 54.5. The van der Waals surface area contributed by atoms with Crippen molar-refractivity contribution in [3.8, 4) is 4.69 Å². The molecule has 4 rings (SSSR count). The zero-order valence-electron chi connectivity index (χ0n) is 14.1. The first-order valence-electron chi connectivity index (χ1n) is 9.03. The van der Waals surface area contributed by atoms with E-state index >= 15 is 0 Å². The Labute approximate surface area is 147 Å². The molecule has 0 radical (unpaired) electrons. The fourth-order valence-corrected chi connectivity index (χ4v) is 6.77. The zero-order chi connectivity index (χ0) is 16.5. The van der Waals surface area contributed by atoms with Gasteiger partial charge in [0, 0.05) is 0 Å². The molecule has 4 aliphatic carbocycles. The van der Waals surface area contributed by atoms with E-state index in [1.807, 2.05) is 6.08 Å². The molecule has 0 aliphatic heterocycles. The van der Waals surface area contributed by atoms with Gasteiger partial charge in [0.15, 0.2) is 0 Å². The van der Waals surface area contributed by atoms with E-state index in [4.69, 9.17) is 0 Å². The second-order valence-electron chi connectivity index (χ2n) is 8.73. The van der Waals surface area contributed by atoms with Gasteiger partial charge in [-0.15, -0.1) is 0 Å². The number of hydrogen-bond acceptors (Lipinski definition) is 2. The van der Waals surface area contributed by atoms with Crippen LogP contribution in [0.5, 0.6) is 0 Å². The van der Waals surface area contributed by atoms with Gasteiger partial charge in [0.25, 0.3) is 0 Å². The Morgan fingerprint density at radius 1 is 1.22 bits per heavy atom. The summed E-state index contributed by atoms with van der Waals surface area (Å²) in [6.07, 6.45) is 12.6. The Hall–Kier alpha value is -0.288. The van der Waals surface area contributed by atoms with Crippen molar-refractivity contribution < 1.29 is 25.9 Å². The summed E-state index contributed by atoms with van der Waals surface area (Å²) in [6.45, 7) is 4.66. The molecule has 2 saturated carbocycles. The summed E-state index contributed by atoms with van der Waals surface area (Å²) in [7, 11) is 0. The third-order valence-electron chi connectivity index (χ3n) is 7.91. The minimum atomic E-state index is -0.778. The van der Waals surface area contributed by atoms with Crippen LogP contribution in [0.3, 0.4) is 0 Å². The molecule has 4 aliphatic rings. The quantitative estimate of drug-likeness (QED) is 0.657. The van der Waals surface area contributed by atoms with E-state index in [2.05, 4.69) is 46.3 Å². The molecular formula is C20H27CrO2. The molecule has 0 aromatic heterocycles. The van der Waals surface area contributed by atoms with Crippen LogP contribution in [-0.4, -0.2) is 21.9 Å². The molecule has 0 aromatic carbocycles. The van der Waals surface area contributed by atoms with Crippen LogP contribution in [0.4, 0.5) is 0 Å². The van der Waals surface area contributed by atoms with Gasteiger partial charge in [-0.05, 0) is 0 Å². The van der Waals surface area contributed by atoms with E-state index in [1.54, 1.807) is 5.57 Å². The maximum atomic E-state index is 11.1. The van der Waals surface area contributed by atoms with Gasteiger partial charge in [0.1, 0.15) is 0 Å². The topological polar surface area (TPSA) is 40.5 Å². The molecule has 0 bridgehead atoms. The van der Waals surface area contributed by atoms with Crippen molar-refractivity contribution in [2.75, 3.05) is 0 Å². The monoisotopic (exact) mass is 351 g/mol. The van der Waals surface area contributed by atoms with Gasteiger partial charge in [-0.3, -0.25) is 0 Å². The minimum absolute atomic E-state index is 0.0817. The van der Waals surface area contributed by atoms with E-state index in [9.17, 15) is 10.2 Å². The zero-order valence-corrected chi connectivity index (χ0v) is 15.4. The van der Waals surface area contributed by atoms with Crippen LogP contribution in [-0.2, 0) is 15.7 Å². The third-order valence-corrected chi connectivity index (χ3v) is 8.43. The molecule has 2 nitrogen and oxygen atoms in total. The van der Waals surface area contributed by atoms with Gasteiger partial charge in [0.2, 0.25) is 0 Å². The van der Waals surface area contributed by atoms with Gasteiger partial charge < -0.3 is 0 Å². The molecule has 23 heavy (non-hydrogen) atoms. The fraction of sp³-hybridized carbons (Fsp3) is 0.750. The van der Waals surface area contributed by atoms with Gasteiger partial charge in [-0.2, -0.15) is 0 Å². The molecule has 3 unspecified atom stereocenters. The maximum absolute atomic E-state index is 11.1. The summed E-state index contributed by atoms with van der Waals surface area (Å²) in [4.78, 5) is 0. The molecule has 0 amide bonds. The number of aliphatic hydroxyl groups excluding tert-OH is 1. The first-order valence-corrected chi connectivity index (χ1v) is 9.67. The number of fused-ring (bicyclic) bond motifs is 5. The second kappa shape index (κ2) is 5.11. The Morgan fingerprint density at radius 3 is 2.70 bits per heavy atom. The SMILES string of the molecule is C[C@]12C=C[C@H](O)CC1CC=C1C2CC[C@@]2(C)C1CC[C@@]2(O)[C]#[Cr]. The van der Waals surface area contributed by atoms with E-state index in [0.29, 0.717) is 17.8 Å². The van der Waals surface area contributed by atoms with Crippen LogP contribution in [0.2, 0.25) is 0 Å². The van der Waals surface area contributed by atoms with Gasteiger partial charge in [-0.1, -0.05) is 0 Å². The molecular weight excluding hydrogens is 324 g/mol. The first-order chi connectivity index (χ1) is 10.8. The van der Waals surface area contributed by atoms with Crippen molar-refractivity contribution in [2.24, 2.45) is 28.6 Å². The molecule has 7 atom stereocenters. The van der Waals surface area contributed by atoms with E-state index in [-0.39, 0.29) is 16.9 Å². The second-order valence-corrected chi connectivity index (χ2v) is 9.05. The Morgan fingerprint density at radius 2 is 1.96 bits per heavy atom. The van der Waals surface area contributed by atoms with Crippen molar-refractivity contribution in [3.63, 3.8) is 0 Å². The summed E-state index contributed by atoms with van der Waals surface area (Å²) in [5.74, 6) is 1.61. The molecule has 0 aromatic rings. The molecule has 0 spiro atoms. The van der Waals surface area contributed by atoms with E-state index < -0.39 is 5.60 Å². The predicted molar refractivity (Wildman–Crippen MR) is 86.5 cm³/mol. The third kappa shape index (κ3) is 2.01. The molecule has 0 saturated heterocycles. The summed E-state index contributed by atoms with van der Waals surface area (Å²) < 4.78 is 3.10. The number of hydrogen-bond donors (Lipinski definition) is 2. The van der Waals surface area contributed by atoms with Crippen LogP contribution in [0, 0.1) is 33.3 Å². The van der Waals surface area contributed by atoms with Crippen LogP contribution < -0.4 is 0 Å². The van der Waals surface area contributed by atoms with Gasteiger partial charge in [0.05, 0.1) is 0 Å². The van der Waals surface area contributed by atoms with Crippen molar-refractivity contribution in [1.29, 1.82) is 0 Å². The van der Waals surface area contributed by atoms with Crippen molar-refractivity contribution in [1.82, 2.24) is 0 Å². The average Bonchev–Trinajstić information content (AvgIpc) is 2.80. The summed E-state index contributed by atoms with van der Waals surface area (Å²) >= 11 is 2.85. The number of allylic oxidation sites excluding steroid dienone is 3. The number of rotatable bonds is 0. The Bertz CT molecular complexity index is 632. The number of aliphatic hydroxyl groups is 2. The fourth-order valence-electron chi connectivity index (χ4n) is 6.24. The average molecular weight is 351 g/mol. The molecule has 125 valence electrons. The molecule has 0 heterocycles. The summed E-state index contributed by atoms with van der Waals surface area (Å²) in [5, 5.41) is 21.1. The van der Waals surface area contributed by atoms with E-state index in [1.165, 1.54) is 0 Å². The van der Waals surface area contributed by atoms with Crippen LogP contribution in [0.1, 0.15) is 52.4 Å². The van der Waals surface area contributed by atoms with Gasteiger partial charge in [-0.25, -0.2) is 0 Å². The summed E-state index contributed by atoms with van der Waals surface area (Å²) in [6, 6.07) is 0. The van der Waals surface area contributed by atoms with E-state index in [0.717, 1.165) is 38.5 Å².